The summed E-state index contributed by atoms with van der Waals surface area (Å²) < 4.78 is 27.4. The second-order valence-corrected chi connectivity index (χ2v) is 10.3. The number of carbonyl (C=O) groups excluding carboxylic acids is 1. The van der Waals surface area contributed by atoms with Crippen LogP contribution in [0.3, 0.4) is 0 Å². The molecule has 1 saturated heterocycles. The lowest BCUT2D eigenvalue weighted by Crippen LogP contribution is -2.30. The minimum absolute atomic E-state index is 0.0686. The number of carbonyl (C=O) groups is 1. The molecular formula is C25H27N3O3S. The van der Waals surface area contributed by atoms with Gasteiger partial charge in [0.25, 0.3) is 10.0 Å². The number of hydrogen-bond acceptors (Lipinski definition) is 4. The molecule has 0 aromatic heterocycles. The standard InChI is InChI=1S/C25H27N3O3S/c29-24(26-18-19-11-13-21(14-12-19)27-15-1-2-16-27)10-5-17-28-22-8-3-6-20-7-4-9-23(25(20)22)32(28,30)31/h3-4,6-9,11-14H,1-2,5,10,15-18H2,(H,26,29). The highest BCUT2D eigenvalue weighted by Gasteiger charge is 2.35. The van der Waals surface area contributed by atoms with E-state index in [2.05, 4.69) is 34.5 Å². The van der Waals surface area contributed by atoms with E-state index < -0.39 is 10.0 Å². The van der Waals surface area contributed by atoms with Gasteiger partial charge in [-0.15, -0.1) is 0 Å². The van der Waals surface area contributed by atoms with E-state index >= 15 is 0 Å². The molecule has 3 aromatic rings. The first-order chi connectivity index (χ1) is 15.5. The van der Waals surface area contributed by atoms with Gasteiger partial charge < -0.3 is 10.2 Å². The Labute approximate surface area is 188 Å². The lowest BCUT2D eigenvalue weighted by molar-refractivity contribution is -0.121. The van der Waals surface area contributed by atoms with Crippen molar-refractivity contribution in [2.45, 2.75) is 37.1 Å². The molecule has 3 aromatic carbocycles. The maximum absolute atomic E-state index is 13.0. The molecule has 0 saturated carbocycles. The second-order valence-electron chi connectivity index (χ2n) is 8.45. The van der Waals surface area contributed by atoms with Crippen LogP contribution in [0.5, 0.6) is 0 Å². The van der Waals surface area contributed by atoms with Crippen molar-refractivity contribution in [3.8, 4) is 0 Å². The van der Waals surface area contributed by atoms with Crippen molar-refractivity contribution in [2.24, 2.45) is 0 Å². The normalized spacial score (nSPS) is 16.6. The van der Waals surface area contributed by atoms with E-state index in [1.165, 1.54) is 22.8 Å². The third kappa shape index (κ3) is 3.81. The molecule has 5 rings (SSSR count). The summed E-state index contributed by atoms with van der Waals surface area (Å²) in [5, 5.41) is 4.64. The van der Waals surface area contributed by atoms with Crippen LogP contribution in [-0.2, 0) is 21.4 Å². The molecule has 0 aliphatic carbocycles. The Balaban J connectivity index is 1.15. The molecule has 32 heavy (non-hydrogen) atoms. The summed E-state index contributed by atoms with van der Waals surface area (Å²) in [6.07, 6.45) is 3.24. The van der Waals surface area contributed by atoms with Gasteiger partial charge in [0.1, 0.15) is 0 Å². The van der Waals surface area contributed by atoms with Gasteiger partial charge in [-0.2, -0.15) is 0 Å². The molecule has 6 nitrogen and oxygen atoms in total. The lowest BCUT2D eigenvalue weighted by atomic mass is 10.1. The van der Waals surface area contributed by atoms with Gasteiger partial charge in [0.2, 0.25) is 5.91 Å². The molecule has 166 valence electrons. The van der Waals surface area contributed by atoms with E-state index in [-0.39, 0.29) is 18.9 Å². The molecule has 1 amide bonds. The van der Waals surface area contributed by atoms with Crippen LogP contribution < -0.4 is 14.5 Å². The van der Waals surface area contributed by atoms with Crippen molar-refractivity contribution in [2.75, 3.05) is 28.8 Å². The van der Waals surface area contributed by atoms with Crippen molar-refractivity contribution in [1.82, 2.24) is 5.32 Å². The summed E-state index contributed by atoms with van der Waals surface area (Å²) in [6.45, 7) is 2.99. The van der Waals surface area contributed by atoms with Crippen LogP contribution in [0.4, 0.5) is 11.4 Å². The number of nitrogens with one attached hydrogen (secondary N) is 1. The fourth-order valence-corrected chi connectivity index (χ4v) is 6.42. The highest BCUT2D eigenvalue weighted by Crippen LogP contribution is 2.41. The summed E-state index contributed by atoms with van der Waals surface area (Å²) in [7, 11) is -3.57. The average Bonchev–Trinajstić information content (AvgIpc) is 3.41. The van der Waals surface area contributed by atoms with Gasteiger partial charge in [0.15, 0.2) is 0 Å². The summed E-state index contributed by atoms with van der Waals surface area (Å²) in [5.41, 5.74) is 3.00. The van der Waals surface area contributed by atoms with Crippen LogP contribution in [-0.4, -0.2) is 34.0 Å². The predicted octanol–water partition coefficient (Wildman–Crippen LogP) is 4.05. The molecule has 2 aliphatic heterocycles. The summed E-state index contributed by atoms with van der Waals surface area (Å²) in [4.78, 5) is 15.1. The monoisotopic (exact) mass is 449 g/mol. The van der Waals surface area contributed by atoms with Crippen LogP contribution in [0, 0.1) is 0 Å². The van der Waals surface area contributed by atoms with Crippen molar-refractivity contribution in [3.63, 3.8) is 0 Å². The minimum Gasteiger partial charge on any atom is -0.372 e. The van der Waals surface area contributed by atoms with Crippen molar-refractivity contribution < 1.29 is 13.2 Å². The van der Waals surface area contributed by atoms with Gasteiger partial charge in [-0.1, -0.05) is 36.4 Å². The molecular weight excluding hydrogens is 422 g/mol. The molecule has 1 fully saturated rings. The van der Waals surface area contributed by atoms with Crippen LogP contribution >= 0.6 is 0 Å². The van der Waals surface area contributed by atoms with E-state index in [9.17, 15) is 13.2 Å². The largest absolute Gasteiger partial charge is 0.372 e. The number of rotatable bonds is 7. The van der Waals surface area contributed by atoms with E-state index in [0.717, 1.165) is 29.4 Å². The first-order valence-corrected chi connectivity index (χ1v) is 12.6. The average molecular weight is 450 g/mol. The second kappa shape index (κ2) is 8.47. The van der Waals surface area contributed by atoms with Gasteiger partial charge in [-0.25, -0.2) is 8.42 Å². The molecule has 0 bridgehead atoms. The van der Waals surface area contributed by atoms with E-state index in [1.807, 2.05) is 24.3 Å². The van der Waals surface area contributed by atoms with Crippen molar-refractivity contribution >= 4 is 38.1 Å². The summed E-state index contributed by atoms with van der Waals surface area (Å²) in [5.74, 6) is -0.0686. The van der Waals surface area contributed by atoms with E-state index in [4.69, 9.17) is 0 Å². The smallest absolute Gasteiger partial charge is 0.265 e. The molecule has 2 aliphatic rings. The quantitative estimate of drug-likeness (QED) is 0.591. The first kappa shape index (κ1) is 20.8. The number of hydrogen-bond donors (Lipinski definition) is 1. The molecule has 0 atom stereocenters. The Morgan fingerprint density at radius 2 is 1.66 bits per heavy atom. The third-order valence-corrected chi connectivity index (χ3v) is 8.20. The number of benzene rings is 3. The summed E-state index contributed by atoms with van der Waals surface area (Å²) in [6, 6.07) is 19.3. The fourth-order valence-electron chi connectivity index (χ4n) is 4.67. The molecule has 0 radical (unpaired) electrons. The molecule has 1 N–H and O–H groups in total. The van der Waals surface area contributed by atoms with Crippen LogP contribution in [0.2, 0.25) is 0 Å². The SMILES string of the molecule is O=C(CCCN1c2cccc3cccc(c23)S1(=O)=O)NCc1ccc(N2CCCC2)cc1. The van der Waals surface area contributed by atoms with Crippen LogP contribution in [0.1, 0.15) is 31.2 Å². The lowest BCUT2D eigenvalue weighted by Gasteiger charge is -2.19. The highest BCUT2D eigenvalue weighted by atomic mass is 32.2. The number of anilines is 2. The third-order valence-electron chi connectivity index (χ3n) is 6.34. The molecule has 7 heteroatoms. The maximum atomic E-state index is 13.0. The van der Waals surface area contributed by atoms with Crippen LogP contribution in [0.15, 0.2) is 65.6 Å². The van der Waals surface area contributed by atoms with Crippen molar-refractivity contribution in [1.29, 1.82) is 0 Å². The topological polar surface area (TPSA) is 69.7 Å². The van der Waals surface area contributed by atoms with E-state index in [1.54, 1.807) is 12.1 Å². The summed E-state index contributed by atoms with van der Waals surface area (Å²) >= 11 is 0. The molecule has 0 unspecified atom stereocenters. The number of amides is 1. The minimum atomic E-state index is -3.57. The Morgan fingerprint density at radius 1 is 0.938 bits per heavy atom. The van der Waals surface area contributed by atoms with Gasteiger partial charge in [0, 0.05) is 43.7 Å². The highest BCUT2D eigenvalue weighted by molar-refractivity contribution is 7.93. The Hall–Kier alpha value is -3.06. The Morgan fingerprint density at radius 3 is 2.41 bits per heavy atom. The predicted molar refractivity (Wildman–Crippen MR) is 127 cm³/mol. The van der Waals surface area contributed by atoms with Gasteiger partial charge in [-0.05, 0) is 54.5 Å². The van der Waals surface area contributed by atoms with E-state index in [0.29, 0.717) is 23.5 Å². The number of nitrogens with zero attached hydrogens (tertiary/aromatic N) is 2. The zero-order chi connectivity index (χ0) is 22.1. The van der Waals surface area contributed by atoms with Gasteiger partial charge in [0.05, 0.1) is 10.6 Å². The fraction of sp³-hybridized carbons (Fsp3) is 0.320. The van der Waals surface area contributed by atoms with Gasteiger partial charge in [-0.3, -0.25) is 9.10 Å². The van der Waals surface area contributed by atoms with Crippen molar-refractivity contribution in [3.05, 3.63) is 66.2 Å². The van der Waals surface area contributed by atoms with Gasteiger partial charge >= 0.3 is 0 Å². The Kier molecular flexibility index (Phi) is 5.51. The number of sulfonamides is 1. The molecule has 0 spiro atoms. The first-order valence-electron chi connectivity index (χ1n) is 11.2. The Bertz CT molecular complexity index is 1240. The zero-order valence-electron chi connectivity index (χ0n) is 18.0. The molecule has 2 heterocycles. The van der Waals surface area contributed by atoms with Crippen LogP contribution in [0.25, 0.3) is 10.8 Å². The maximum Gasteiger partial charge on any atom is 0.265 e. The zero-order valence-corrected chi connectivity index (χ0v) is 18.8.